The Morgan fingerprint density at radius 2 is 2.29 bits per heavy atom. The maximum absolute atomic E-state index is 3.26. The van der Waals surface area contributed by atoms with Crippen molar-refractivity contribution in [2.75, 3.05) is 7.05 Å². The van der Waals surface area contributed by atoms with E-state index >= 15 is 0 Å². The Labute approximate surface area is 90.5 Å². The van der Waals surface area contributed by atoms with Gasteiger partial charge < -0.3 is 5.32 Å². The Morgan fingerprint density at radius 1 is 1.50 bits per heavy atom. The second-order valence-corrected chi connectivity index (χ2v) is 5.40. The molecule has 2 unspecified atom stereocenters. The average Bonchev–Trinajstić information content (AvgIpc) is 2.57. The van der Waals surface area contributed by atoms with E-state index in [0.717, 1.165) is 18.4 Å². The average molecular weight is 209 g/mol. The van der Waals surface area contributed by atoms with Gasteiger partial charge in [-0.05, 0) is 48.2 Å². The van der Waals surface area contributed by atoms with Gasteiger partial charge in [-0.1, -0.05) is 13.8 Å². The van der Waals surface area contributed by atoms with Gasteiger partial charge in [-0.3, -0.25) is 0 Å². The molecule has 1 aromatic heterocycles. The molecule has 1 aliphatic carbocycles. The number of fused-ring (bicyclic) bond motifs is 1. The topological polar surface area (TPSA) is 12.0 Å². The van der Waals surface area contributed by atoms with Crippen LogP contribution in [0.4, 0.5) is 0 Å². The second-order valence-electron chi connectivity index (χ2n) is 4.43. The molecule has 1 aromatic rings. The molecule has 1 nitrogen and oxygen atoms in total. The first-order valence-electron chi connectivity index (χ1n) is 5.47. The highest BCUT2D eigenvalue weighted by Gasteiger charge is 2.26. The summed E-state index contributed by atoms with van der Waals surface area (Å²) in [5.41, 5.74) is 3.19. The third kappa shape index (κ3) is 1.61. The Morgan fingerprint density at radius 3 is 3.00 bits per heavy atom. The molecule has 0 saturated heterocycles. The second kappa shape index (κ2) is 4.03. The van der Waals surface area contributed by atoms with Crippen LogP contribution in [-0.4, -0.2) is 7.05 Å². The smallest absolute Gasteiger partial charge is 0.0213 e. The van der Waals surface area contributed by atoms with Crippen molar-refractivity contribution in [3.05, 3.63) is 21.4 Å². The largest absolute Gasteiger partial charge is 0.316 e. The van der Waals surface area contributed by atoms with Crippen molar-refractivity contribution in [1.82, 2.24) is 5.32 Å². The van der Waals surface area contributed by atoms with E-state index < -0.39 is 0 Å². The first-order chi connectivity index (χ1) is 6.74. The Bertz CT molecular complexity index is 316. The van der Waals surface area contributed by atoms with E-state index in [0.29, 0.717) is 0 Å². The van der Waals surface area contributed by atoms with Crippen molar-refractivity contribution in [2.24, 2.45) is 5.92 Å². The summed E-state index contributed by atoms with van der Waals surface area (Å²) in [7, 11) is 2.03. The van der Waals surface area contributed by atoms with Crippen LogP contribution in [0.25, 0.3) is 0 Å². The van der Waals surface area contributed by atoms with Gasteiger partial charge in [0.05, 0.1) is 0 Å². The molecule has 0 aliphatic heterocycles. The van der Waals surface area contributed by atoms with Gasteiger partial charge in [0.25, 0.3) is 0 Å². The fourth-order valence-corrected chi connectivity index (χ4v) is 3.58. The SMILES string of the molecule is CNCc1csc2c1C(C)C(C)CC2. The standard InChI is InChI=1S/C12H19NS/c1-8-4-5-11-12(9(8)2)10(6-13-3)7-14-11/h7-9,13H,4-6H2,1-3H3. The molecule has 2 rings (SSSR count). The maximum Gasteiger partial charge on any atom is 0.0213 e. The third-order valence-corrected chi connectivity index (χ3v) is 4.60. The summed E-state index contributed by atoms with van der Waals surface area (Å²) in [6.45, 7) is 5.80. The first-order valence-corrected chi connectivity index (χ1v) is 6.35. The first kappa shape index (κ1) is 10.2. The number of rotatable bonds is 2. The summed E-state index contributed by atoms with van der Waals surface area (Å²) in [5, 5.41) is 5.61. The van der Waals surface area contributed by atoms with E-state index in [1.165, 1.54) is 18.4 Å². The Kier molecular flexibility index (Phi) is 2.93. The van der Waals surface area contributed by atoms with Gasteiger partial charge in [0, 0.05) is 11.4 Å². The van der Waals surface area contributed by atoms with E-state index in [1.54, 1.807) is 10.4 Å². The zero-order valence-electron chi connectivity index (χ0n) is 9.26. The Hall–Kier alpha value is -0.340. The summed E-state index contributed by atoms with van der Waals surface area (Å²) in [5.74, 6) is 1.61. The third-order valence-electron chi connectivity index (χ3n) is 3.49. The minimum Gasteiger partial charge on any atom is -0.316 e. The fraction of sp³-hybridized carbons (Fsp3) is 0.667. The van der Waals surface area contributed by atoms with Gasteiger partial charge in [-0.2, -0.15) is 0 Å². The molecular weight excluding hydrogens is 190 g/mol. The highest BCUT2D eigenvalue weighted by atomic mass is 32.1. The summed E-state index contributed by atoms with van der Waals surface area (Å²) in [6.07, 6.45) is 2.67. The van der Waals surface area contributed by atoms with Gasteiger partial charge in [-0.25, -0.2) is 0 Å². The van der Waals surface area contributed by atoms with Crippen LogP contribution in [0.1, 0.15) is 42.2 Å². The number of aryl methyl sites for hydroxylation is 1. The van der Waals surface area contributed by atoms with Crippen LogP contribution < -0.4 is 5.32 Å². The van der Waals surface area contributed by atoms with Gasteiger partial charge in [-0.15, -0.1) is 11.3 Å². The van der Waals surface area contributed by atoms with E-state index in [4.69, 9.17) is 0 Å². The lowest BCUT2D eigenvalue weighted by Gasteiger charge is -2.27. The molecule has 0 amide bonds. The van der Waals surface area contributed by atoms with E-state index in [1.807, 2.05) is 18.4 Å². The highest BCUT2D eigenvalue weighted by Crippen LogP contribution is 2.40. The molecule has 0 bridgehead atoms. The van der Waals surface area contributed by atoms with Crippen molar-refractivity contribution >= 4 is 11.3 Å². The number of nitrogens with one attached hydrogen (secondary N) is 1. The molecule has 0 radical (unpaired) electrons. The lowest BCUT2D eigenvalue weighted by atomic mass is 9.79. The van der Waals surface area contributed by atoms with Gasteiger partial charge >= 0.3 is 0 Å². The quantitative estimate of drug-likeness (QED) is 0.789. The van der Waals surface area contributed by atoms with Crippen LogP contribution in [0.5, 0.6) is 0 Å². The van der Waals surface area contributed by atoms with Gasteiger partial charge in [0.15, 0.2) is 0 Å². The van der Waals surface area contributed by atoms with Crippen LogP contribution in [-0.2, 0) is 13.0 Å². The lowest BCUT2D eigenvalue weighted by molar-refractivity contribution is 0.427. The van der Waals surface area contributed by atoms with E-state index in [9.17, 15) is 0 Å². The van der Waals surface area contributed by atoms with Crippen LogP contribution in [0.2, 0.25) is 0 Å². The normalized spacial score (nSPS) is 26.2. The highest BCUT2D eigenvalue weighted by molar-refractivity contribution is 7.10. The minimum atomic E-state index is 0.758. The summed E-state index contributed by atoms with van der Waals surface area (Å²) in [4.78, 5) is 1.64. The summed E-state index contributed by atoms with van der Waals surface area (Å²) < 4.78 is 0. The molecule has 1 heterocycles. The van der Waals surface area contributed by atoms with Crippen LogP contribution in [0, 0.1) is 5.92 Å². The molecule has 14 heavy (non-hydrogen) atoms. The Balaban J connectivity index is 2.34. The maximum atomic E-state index is 3.26. The number of thiophene rings is 1. The molecule has 0 saturated carbocycles. The van der Waals surface area contributed by atoms with Crippen molar-refractivity contribution in [3.8, 4) is 0 Å². The summed E-state index contributed by atoms with van der Waals surface area (Å²) in [6, 6.07) is 0. The molecule has 2 heteroatoms. The zero-order valence-corrected chi connectivity index (χ0v) is 10.1. The minimum absolute atomic E-state index is 0.758. The predicted octanol–water partition coefficient (Wildman–Crippen LogP) is 3.15. The molecule has 0 spiro atoms. The molecule has 2 atom stereocenters. The van der Waals surface area contributed by atoms with Gasteiger partial charge in [0.2, 0.25) is 0 Å². The summed E-state index contributed by atoms with van der Waals surface area (Å²) >= 11 is 1.96. The monoisotopic (exact) mass is 209 g/mol. The molecular formula is C12H19NS. The van der Waals surface area contributed by atoms with Crippen LogP contribution in [0.3, 0.4) is 0 Å². The molecule has 78 valence electrons. The van der Waals surface area contributed by atoms with Crippen molar-refractivity contribution in [2.45, 2.75) is 39.2 Å². The van der Waals surface area contributed by atoms with E-state index in [2.05, 4.69) is 24.5 Å². The van der Waals surface area contributed by atoms with Gasteiger partial charge in [0.1, 0.15) is 0 Å². The van der Waals surface area contributed by atoms with Crippen LogP contribution >= 0.6 is 11.3 Å². The fourth-order valence-electron chi connectivity index (χ4n) is 2.41. The van der Waals surface area contributed by atoms with Crippen molar-refractivity contribution < 1.29 is 0 Å². The number of hydrogen-bond acceptors (Lipinski definition) is 2. The zero-order chi connectivity index (χ0) is 10.1. The lowest BCUT2D eigenvalue weighted by Crippen LogP contribution is -2.17. The molecule has 1 N–H and O–H groups in total. The molecule has 0 fully saturated rings. The number of hydrogen-bond donors (Lipinski definition) is 1. The van der Waals surface area contributed by atoms with Crippen molar-refractivity contribution in [3.63, 3.8) is 0 Å². The van der Waals surface area contributed by atoms with Crippen LogP contribution in [0.15, 0.2) is 5.38 Å². The van der Waals surface area contributed by atoms with Crippen molar-refractivity contribution in [1.29, 1.82) is 0 Å². The predicted molar refractivity (Wildman–Crippen MR) is 63.0 cm³/mol. The van der Waals surface area contributed by atoms with E-state index in [-0.39, 0.29) is 0 Å². The molecule has 0 aromatic carbocycles. The molecule has 1 aliphatic rings.